The lowest BCUT2D eigenvalue weighted by atomic mass is 10.3. The van der Waals surface area contributed by atoms with E-state index in [1.165, 1.54) is 0 Å². The van der Waals surface area contributed by atoms with E-state index in [9.17, 15) is 0 Å². The van der Waals surface area contributed by atoms with Crippen LogP contribution in [0, 0.1) is 0 Å². The zero-order valence-electron chi connectivity index (χ0n) is 5.26. The molecule has 0 saturated carbocycles. The van der Waals surface area contributed by atoms with Gasteiger partial charge in [-0.15, -0.1) is 0 Å². The fourth-order valence-electron chi connectivity index (χ4n) is 0.436. The summed E-state index contributed by atoms with van der Waals surface area (Å²) in [6.07, 6.45) is 1.17. The van der Waals surface area contributed by atoms with Crippen LogP contribution < -0.4 is 0 Å². The van der Waals surface area contributed by atoms with Crippen molar-refractivity contribution in [1.29, 1.82) is 0 Å². The molecule has 0 heterocycles. The molecule has 0 N–H and O–H groups in total. The standard InChI is InChI=1S/C5H12O2S/c1-3-5(6-2)4-7-8/h5,8H,3-4H2,1-2H3. The van der Waals surface area contributed by atoms with Gasteiger partial charge in [0.2, 0.25) is 0 Å². The summed E-state index contributed by atoms with van der Waals surface area (Å²) in [6.45, 7) is 2.61. The van der Waals surface area contributed by atoms with Crippen molar-refractivity contribution >= 4 is 12.9 Å². The predicted octanol–water partition coefficient (Wildman–Crippen LogP) is 1.27. The van der Waals surface area contributed by atoms with Crippen molar-refractivity contribution < 1.29 is 8.92 Å². The van der Waals surface area contributed by atoms with Gasteiger partial charge in [-0.25, -0.2) is 0 Å². The zero-order valence-corrected chi connectivity index (χ0v) is 6.15. The van der Waals surface area contributed by atoms with Crippen molar-refractivity contribution in [2.45, 2.75) is 19.4 Å². The van der Waals surface area contributed by atoms with E-state index in [2.05, 4.69) is 17.1 Å². The Hall–Kier alpha value is 0.270. The van der Waals surface area contributed by atoms with E-state index in [0.29, 0.717) is 6.61 Å². The van der Waals surface area contributed by atoms with E-state index in [1.807, 2.05) is 6.92 Å². The lowest BCUT2D eigenvalue weighted by molar-refractivity contribution is 0.0635. The second kappa shape index (κ2) is 5.41. The summed E-state index contributed by atoms with van der Waals surface area (Å²) in [5.74, 6) is 0. The third kappa shape index (κ3) is 3.29. The van der Waals surface area contributed by atoms with Gasteiger partial charge in [0.05, 0.1) is 12.7 Å². The van der Waals surface area contributed by atoms with E-state index in [-0.39, 0.29) is 6.10 Å². The monoisotopic (exact) mass is 136 g/mol. The summed E-state index contributed by atoms with van der Waals surface area (Å²) in [4.78, 5) is 0. The SMILES string of the molecule is CCC(COS)OC. The third-order valence-electron chi connectivity index (χ3n) is 1.05. The summed E-state index contributed by atoms with van der Waals surface area (Å²) >= 11 is 3.59. The van der Waals surface area contributed by atoms with Gasteiger partial charge >= 0.3 is 0 Å². The molecule has 0 saturated heterocycles. The van der Waals surface area contributed by atoms with Crippen LogP contribution in [-0.4, -0.2) is 19.8 Å². The van der Waals surface area contributed by atoms with E-state index in [0.717, 1.165) is 6.42 Å². The molecule has 0 rings (SSSR count). The molecule has 8 heavy (non-hydrogen) atoms. The van der Waals surface area contributed by atoms with Gasteiger partial charge in [-0.2, -0.15) is 0 Å². The average Bonchev–Trinajstić information content (AvgIpc) is 1.83. The summed E-state index contributed by atoms with van der Waals surface area (Å²) in [7, 11) is 1.67. The van der Waals surface area contributed by atoms with Gasteiger partial charge in [-0.1, -0.05) is 6.92 Å². The highest BCUT2D eigenvalue weighted by Crippen LogP contribution is 1.96. The normalized spacial score (nSPS) is 13.9. The quantitative estimate of drug-likeness (QED) is 0.463. The maximum Gasteiger partial charge on any atom is 0.0872 e. The van der Waals surface area contributed by atoms with Gasteiger partial charge in [-0.3, -0.25) is 0 Å². The molecule has 0 aliphatic carbocycles. The van der Waals surface area contributed by atoms with Crippen molar-refractivity contribution in [3.8, 4) is 0 Å². The molecule has 0 amide bonds. The lowest BCUT2D eigenvalue weighted by Crippen LogP contribution is -2.13. The van der Waals surface area contributed by atoms with Gasteiger partial charge in [0.25, 0.3) is 0 Å². The first kappa shape index (κ1) is 8.27. The molecule has 0 aromatic heterocycles. The van der Waals surface area contributed by atoms with E-state index >= 15 is 0 Å². The molecule has 50 valence electrons. The number of ether oxygens (including phenoxy) is 1. The lowest BCUT2D eigenvalue weighted by Gasteiger charge is -2.08. The predicted molar refractivity (Wildman–Crippen MR) is 36.0 cm³/mol. The Labute approximate surface area is 55.8 Å². The highest BCUT2D eigenvalue weighted by Gasteiger charge is 2.00. The van der Waals surface area contributed by atoms with E-state index < -0.39 is 0 Å². The largest absolute Gasteiger partial charge is 0.379 e. The highest BCUT2D eigenvalue weighted by atomic mass is 32.1. The van der Waals surface area contributed by atoms with E-state index in [4.69, 9.17) is 4.74 Å². The Morgan fingerprint density at radius 2 is 2.25 bits per heavy atom. The molecule has 0 spiro atoms. The topological polar surface area (TPSA) is 18.5 Å². The maximum atomic E-state index is 4.97. The molecule has 0 radical (unpaired) electrons. The van der Waals surface area contributed by atoms with Gasteiger partial charge in [0.15, 0.2) is 0 Å². The number of hydrogen-bond acceptors (Lipinski definition) is 3. The van der Waals surface area contributed by atoms with Gasteiger partial charge in [0, 0.05) is 7.11 Å². The molecule has 0 bridgehead atoms. The first-order valence-corrected chi connectivity index (χ1v) is 3.00. The molecule has 0 aliphatic heterocycles. The molecule has 1 unspecified atom stereocenters. The maximum absolute atomic E-state index is 4.97. The number of hydrogen-bond donors (Lipinski definition) is 1. The van der Waals surface area contributed by atoms with Crippen molar-refractivity contribution in [2.75, 3.05) is 13.7 Å². The molecule has 1 atom stereocenters. The summed E-state index contributed by atoms with van der Waals surface area (Å²) < 4.78 is 9.52. The number of rotatable bonds is 4. The van der Waals surface area contributed by atoms with Gasteiger partial charge < -0.3 is 8.92 Å². The van der Waals surface area contributed by atoms with Crippen LogP contribution in [0.25, 0.3) is 0 Å². The Bertz CT molecular complexity index is 45.7. The zero-order chi connectivity index (χ0) is 6.41. The summed E-state index contributed by atoms with van der Waals surface area (Å²) in [6, 6.07) is 0. The molecule has 0 aliphatic rings. The van der Waals surface area contributed by atoms with Crippen LogP contribution in [0.5, 0.6) is 0 Å². The first-order valence-electron chi connectivity index (χ1n) is 2.64. The van der Waals surface area contributed by atoms with Crippen molar-refractivity contribution in [1.82, 2.24) is 0 Å². The van der Waals surface area contributed by atoms with Crippen molar-refractivity contribution in [3.63, 3.8) is 0 Å². The van der Waals surface area contributed by atoms with Crippen molar-refractivity contribution in [3.05, 3.63) is 0 Å². The Morgan fingerprint density at radius 3 is 2.38 bits per heavy atom. The molecular formula is C5H12O2S. The van der Waals surface area contributed by atoms with Crippen LogP contribution in [0.2, 0.25) is 0 Å². The molecular weight excluding hydrogens is 124 g/mol. The second-order valence-electron chi connectivity index (χ2n) is 1.56. The Kier molecular flexibility index (Phi) is 5.59. The number of thiol groups is 1. The van der Waals surface area contributed by atoms with Crippen LogP contribution in [0.15, 0.2) is 0 Å². The highest BCUT2D eigenvalue weighted by molar-refractivity contribution is 7.75. The minimum absolute atomic E-state index is 0.201. The van der Waals surface area contributed by atoms with Crippen LogP contribution in [0.4, 0.5) is 0 Å². The molecule has 0 fully saturated rings. The fraction of sp³-hybridized carbons (Fsp3) is 1.00. The smallest absolute Gasteiger partial charge is 0.0872 e. The van der Waals surface area contributed by atoms with Gasteiger partial charge in [0.1, 0.15) is 0 Å². The molecule has 2 nitrogen and oxygen atoms in total. The average molecular weight is 136 g/mol. The number of methoxy groups -OCH3 is 1. The molecule has 0 aromatic carbocycles. The summed E-state index contributed by atoms with van der Waals surface area (Å²) in [5.41, 5.74) is 0. The minimum atomic E-state index is 0.201. The van der Waals surface area contributed by atoms with Crippen LogP contribution in [0.1, 0.15) is 13.3 Å². The van der Waals surface area contributed by atoms with Crippen LogP contribution in [0.3, 0.4) is 0 Å². The van der Waals surface area contributed by atoms with Crippen LogP contribution in [-0.2, 0) is 8.92 Å². The third-order valence-corrected chi connectivity index (χ3v) is 1.20. The van der Waals surface area contributed by atoms with Crippen LogP contribution >= 0.6 is 12.9 Å². The minimum Gasteiger partial charge on any atom is -0.379 e. The Morgan fingerprint density at radius 1 is 1.62 bits per heavy atom. The first-order chi connectivity index (χ1) is 3.85. The second-order valence-corrected chi connectivity index (χ2v) is 1.82. The van der Waals surface area contributed by atoms with Gasteiger partial charge in [-0.05, 0) is 19.3 Å². The summed E-state index contributed by atoms with van der Waals surface area (Å²) in [5, 5.41) is 0. The molecule has 3 heteroatoms. The van der Waals surface area contributed by atoms with E-state index in [1.54, 1.807) is 7.11 Å². The van der Waals surface area contributed by atoms with Crippen molar-refractivity contribution in [2.24, 2.45) is 0 Å². The molecule has 0 aromatic rings. The fourth-order valence-corrected chi connectivity index (χ4v) is 0.602. The Balaban J connectivity index is 3.07.